The molecule has 13 heteroatoms. The van der Waals surface area contributed by atoms with E-state index in [0.717, 1.165) is 12.8 Å². The van der Waals surface area contributed by atoms with Gasteiger partial charge in [-0.1, -0.05) is 0 Å². The van der Waals surface area contributed by atoms with Gasteiger partial charge in [-0.3, -0.25) is 14.3 Å². The van der Waals surface area contributed by atoms with Gasteiger partial charge in [0, 0.05) is 12.2 Å². The fourth-order valence-electron chi connectivity index (χ4n) is 4.29. The van der Waals surface area contributed by atoms with Gasteiger partial charge in [-0.25, -0.2) is 4.52 Å². The normalized spacial score (nSPS) is 20.3. The Labute approximate surface area is 203 Å². The molecule has 36 heavy (non-hydrogen) atoms. The van der Waals surface area contributed by atoms with Crippen molar-refractivity contribution in [2.24, 2.45) is 5.73 Å². The molecular formula is C23H25F3N6O4. The summed E-state index contributed by atoms with van der Waals surface area (Å²) >= 11 is 0. The molecule has 0 aromatic carbocycles. The maximum atomic E-state index is 12.9. The van der Waals surface area contributed by atoms with E-state index in [4.69, 9.17) is 15.2 Å². The van der Waals surface area contributed by atoms with E-state index in [1.54, 1.807) is 10.9 Å². The number of fused-ring (bicyclic) bond motifs is 1. The van der Waals surface area contributed by atoms with E-state index in [-0.39, 0.29) is 35.2 Å². The van der Waals surface area contributed by atoms with E-state index in [9.17, 15) is 22.8 Å². The second-order valence-corrected chi connectivity index (χ2v) is 9.15. The highest BCUT2D eigenvalue weighted by Gasteiger charge is 2.31. The van der Waals surface area contributed by atoms with E-state index in [1.807, 2.05) is 0 Å². The highest BCUT2D eigenvalue weighted by Crippen LogP contribution is 2.36. The summed E-state index contributed by atoms with van der Waals surface area (Å²) in [6.45, 7) is -1.41. The number of rotatable bonds is 8. The van der Waals surface area contributed by atoms with Crippen molar-refractivity contribution in [3.05, 3.63) is 41.9 Å². The second kappa shape index (κ2) is 9.36. The van der Waals surface area contributed by atoms with E-state index < -0.39 is 18.7 Å². The standard InChI is InChI=1S/C23H25F3N6O4/c24-23(25,26)12-35-16-7-8-19-17(9-28-32(19)10-16)21(34)29-13-1-5-15(6-2-13)36-22-18(20(27)33)11-31(30-22)14-3-4-14/h7-11,13-15H,1-6,12H2,(H2,27,33)(H,29,34). The average molecular weight is 506 g/mol. The Morgan fingerprint density at radius 3 is 2.50 bits per heavy atom. The summed E-state index contributed by atoms with van der Waals surface area (Å²) in [4.78, 5) is 24.6. The zero-order chi connectivity index (χ0) is 25.4. The molecule has 2 amide bonds. The van der Waals surface area contributed by atoms with Gasteiger partial charge in [0.25, 0.3) is 11.8 Å². The maximum Gasteiger partial charge on any atom is 0.422 e. The van der Waals surface area contributed by atoms with Crippen molar-refractivity contribution in [1.29, 1.82) is 0 Å². The van der Waals surface area contributed by atoms with Gasteiger partial charge < -0.3 is 20.5 Å². The van der Waals surface area contributed by atoms with Gasteiger partial charge in [0.2, 0.25) is 5.88 Å². The van der Waals surface area contributed by atoms with Crippen LogP contribution in [0.5, 0.6) is 11.6 Å². The fourth-order valence-corrected chi connectivity index (χ4v) is 4.29. The van der Waals surface area contributed by atoms with Crippen molar-refractivity contribution in [2.75, 3.05) is 6.61 Å². The van der Waals surface area contributed by atoms with Crippen LogP contribution in [0.25, 0.3) is 5.52 Å². The number of primary amides is 1. The minimum Gasteiger partial charge on any atom is -0.483 e. The topological polar surface area (TPSA) is 126 Å². The number of nitrogens with two attached hydrogens (primary N) is 1. The summed E-state index contributed by atoms with van der Waals surface area (Å²) in [5.74, 6) is -0.649. The smallest absolute Gasteiger partial charge is 0.422 e. The SMILES string of the molecule is NC(=O)c1cn(C2CC2)nc1OC1CCC(NC(=O)c2cnn3cc(OCC(F)(F)F)ccc23)CC1. The molecule has 0 saturated heterocycles. The molecule has 2 saturated carbocycles. The molecule has 3 aromatic rings. The molecule has 0 unspecified atom stereocenters. The number of ether oxygens (including phenoxy) is 2. The molecule has 10 nitrogen and oxygen atoms in total. The average Bonchev–Trinajstić information content (AvgIpc) is 3.45. The number of amides is 2. The van der Waals surface area contributed by atoms with Crippen LogP contribution in [0.3, 0.4) is 0 Å². The number of hydrogen-bond donors (Lipinski definition) is 2. The molecule has 3 heterocycles. The van der Waals surface area contributed by atoms with Crippen LogP contribution in [0, 0.1) is 0 Å². The Morgan fingerprint density at radius 1 is 1.08 bits per heavy atom. The predicted molar refractivity (Wildman–Crippen MR) is 120 cm³/mol. The maximum absolute atomic E-state index is 12.9. The largest absolute Gasteiger partial charge is 0.483 e. The van der Waals surface area contributed by atoms with Crippen molar-refractivity contribution in [3.63, 3.8) is 0 Å². The van der Waals surface area contributed by atoms with Crippen molar-refractivity contribution in [1.82, 2.24) is 24.7 Å². The van der Waals surface area contributed by atoms with Gasteiger partial charge in [0.05, 0.1) is 29.5 Å². The zero-order valence-corrected chi connectivity index (χ0v) is 19.2. The van der Waals surface area contributed by atoms with E-state index in [2.05, 4.69) is 15.5 Å². The fraction of sp³-hybridized carbons (Fsp3) is 0.478. The lowest BCUT2D eigenvalue weighted by molar-refractivity contribution is -0.153. The Morgan fingerprint density at radius 2 is 1.83 bits per heavy atom. The monoisotopic (exact) mass is 506 g/mol. The molecule has 0 radical (unpaired) electrons. The third-order valence-corrected chi connectivity index (χ3v) is 6.31. The number of alkyl halides is 3. The van der Waals surface area contributed by atoms with Crippen molar-refractivity contribution in [3.8, 4) is 11.6 Å². The van der Waals surface area contributed by atoms with Gasteiger partial charge in [-0.05, 0) is 50.7 Å². The third kappa shape index (κ3) is 5.39. The first-order valence-corrected chi connectivity index (χ1v) is 11.7. The number of nitrogens with zero attached hydrogens (tertiary/aromatic N) is 4. The summed E-state index contributed by atoms with van der Waals surface area (Å²) in [7, 11) is 0. The first kappa shape index (κ1) is 23.9. The number of carbonyl (C=O) groups is 2. The predicted octanol–water partition coefficient (Wildman–Crippen LogP) is 3.03. The Balaban J connectivity index is 1.16. The van der Waals surface area contributed by atoms with Crippen LogP contribution in [0.1, 0.15) is 65.3 Å². The van der Waals surface area contributed by atoms with Crippen LogP contribution in [0.4, 0.5) is 13.2 Å². The lowest BCUT2D eigenvalue weighted by Crippen LogP contribution is -2.39. The first-order valence-electron chi connectivity index (χ1n) is 11.7. The third-order valence-electron chi connectivity index (χ3n) is 6.31. The number of pyridine rings is 1. The number of aromatic nitrogens is 4. The van der Waals surface area contributed by atoms with Crippen LogP contribution >= 0.6 is 0 Å². The minimum absolute atomic E-state index is 0.00494. The number of hydrogen-bond acceptors (Lipinski definition) is 6. The van der Waals surface area contributed by atoms with Gasteiger partial charge in [0.15, 0.2) is 6.61 Å². The van der Waals surface area contributed by atoms with E-state index in [1.165, 1.54) is 29.0 Å². The molecule has 0 aliphatic heterocycles. The number of nitrogens with one attached hydrogen (secondary N) is 1. The second-order valence-electron chi connectivity index (χ2n) is 9.15. The van der Waals surface area contributed by atoms with Gasteiger partial charge in [0.1, 0.15) is 17.4 Å². The molecule has 3 N–H and O–H groups in total. The Bertz CT molecular complexity index is 1270. The quantitative estimate of drug-likeness (QED) is 0.484. The summed E-state index contributed by atoms with van der Waals surface area (Å²) in [5, 5.41) is 11.5. The number of carbonyl (C=O) groups excluding carboxylic acids is 2. The molecule has 3 aromatic heterocycles. The van der Waals surface area contributed by atoms with Crippen LogP contribution in [0.15, 0.2) is 30.7 Å². The molecule has 192 valence electrons. The first-order chi connectivity index (χ1) is 17.2. The molecule has 0 bridgehead atoms. The van der Waals surface area contributed by atoms with Crippen LogP contribution < -0.4 is 20.5 Å². The Kier molecular flexibility index (Phi) is 6.22. The molecule has 5 rings (SSSR count). The van der Waals surface area contributed by atoms with E-state index in [0.29, 0.717) is 42.8 Å². The minimum atomic E-state index is -4.45. The highest BCUT2D eigenvalue weighted by atomic mass is 19.4. The lowest BCUT2D eigenvalue weighted by Gasteiger charge is -2.29. The molecule has 0 atom stereocenters. The molecule has 2 aliphatic rings. The van der Waals surface area contributed by atoms with Crippen LogP contribution in [-0.4, -0.2) is 56.1 Å². The van der Waals surface area contributed by atoms with Crippen molar-refractivity contribution < 1.29 is 32.2 Å². The Hall–Kier alpha value is -3.77. The van der Waals surface area contributed by atoms with Crippen molar-refractivity contribution in [2.45, 2.75) is 62.9 Å². The summed E-state index contributed by atoms with van der Waals surface area (Å²) in [5.41, 5.74) is 6.52. The number of halogens is 3. The molecule has 2 aliphatic carbocycles. The lowest BCUT2D eigenvalue weighted by atomic mass is 9.92. The zero-order valence-electron chi connectivity index (χ0n) is 19.2. The van der Waals surface area contributed by atoms with Gasteiger partial charge in [-0.15, -0.1) is 5.10 Å². The summed E-state index contributed by atoms with van der Waals surface area (Å²) in [6.07, 6.45) is 4.40. The molecular weight excluding hydrogens is 481 g/mol. The summed E-state index contributed by atoms with van der Waals surface area (Å²) < 4.78 is 50.9. The van der Waals surface area contributed by atoms with E-state index >= 15 is 0 Å². The van der Waals surface area contributed by atoms with Gasteiger partial charge in [-0.2, -0.15) is 18.3 Å². The molecule has 0 spiro atoms. The van der Waals surface area contributed by atoms with Crippen LogP contribution in [-0.2, 0) is 0 Å². The van der Waals surface area contributed by atoms with Crippen molar-refractivity contribution >= 4 is 17.3 Å². The molecule has 2 fully saturated rings. The van der Waals surface area contributed by atoms with Gasteiger partial charge >= 0.3 is 6.18 Å². The van der Waals surface area contributed by atoms with Crippen LogP contribution in [0.2, 0.25) is 0 Å². The highest BCUT2D eigenvalue weighted by molar-refractivity contribution is 6.00. The summed E-state index contributed by atoms with van der Waals surface area (Å²) in [6, 6.07) is 3.08.